The molecule has 0 aliphatic heterocycles. The summed E-state index contributed by atoms with van der Waals surface area (Å²) in [5, 5.41) is 5.23. The average molecular weight is 301 g/mol. The number of anilines is 1. The summed E-state index contributed by atoms with van der Waals surface area (Å²) in [6, 6.07) is 10.5. The maximum Gasteiger partial charge on any atom is 0.319 e. The smallest absolute Gasteiger partial charge is 0.319 e. The van der Waals surface area contributed by atoms with Crippen LogP contribution in [-0.2, 0) is 6.54 Å². The van der Waals surface area contributed by atoms with E-state index in [2.05, 4.69) is 22.3 Å². The van der Waals surface area contributed by atoms with E-state index in [4.69, 9.17) is 4.74 Å². The third kappa shape index (κ3) is 4.05. The fourth-order valence-corrected chi connectivity index (χ4v) is 1.92. The molecule has 5 nitrogen and oxygen atoms in total. The highest BCUT2D eigenvalue weighted by molar-refractivity contribution is 5.89. The number of aliphatic imine (C=N–C) groups is 1. The Bertz CT molecular complexity index is 689. The second kappa shape index (κ2) is 7.21. The van der Waals surface area contributed by atoms with Crippen molar-refractivity contribution in [2.24, 2.45) is 4.99 Å². The minimum absolute atomic E-state index is 0.244. The van der Waals surface area contributed by atoms with Crippen LogP contribution in [0.4, 0.5) is 20.6 Å². The molecule has 0 aliphatic rings. The number of ether oxygens (including phenoxy) is 1. The van der Waals surface area contributed by atoms with E-state index in [0.717, 1.165) is 5.56 Å². The normalized spacial score (nSPS) is 9.91. The van der Waals surface area contributed by atoms with Gasteiger partial charge < -0.3 is 15.4 Å². The molecule has 0 unspecified atom stereocenters. The van der Waals surface area contributed by atoms with Crippen molar-refractivity contribution in [3.05, 3.63) is 53.8 Å². The SMILES string of the molecule is C=Nc1ccc(OC)c(CNC(=O)Nc2cccc(F)c2)c1. The number of methoxy groups -OCH3 is 1. The highest BCUT2D eigenvalue weighted by Gasteiger charge is 2.07. The summed E-state index contributed by atoms with van der Waals surface area (Å²) in [5.41, 5.74) is 1.83. The van der Waals surface area contributed by atoms with Gasteiger partial charge in [-0.15, -0.1) is 0 Å². The van der Waals surface area contributed by atoms with E-state index < -0.39 is 11.8 Å². The first-order chi connectivity index (χ1) is 10.6. The van der Waals surface area contributed by atoms with E-state index in [1.54, 1.807) is 31.4 Å². The van der Waals surface area contributed by atoms with E-state index in [9.17, 15) is 9.18 Å². The molecule has 0 atom stereocenters. The lowest BCUT2D eigenvalue weighted by Gasteiger charge is -2.11. The van der Waals surface area contributed by atoms with Gasteiger partial charge in [0.25, 0.3) is 0 Å². The maximum absolute atomic E-state index is 13.0. The zero-order valence-corrected chi connectivity index (χ0v) is 12.1. The predicted octanol–water partition coefficient (Wildman–Crippen LogP) is 3.49. The summed E-state index contributed by atoms with van der Waals surface area (Å²) in [6.07, 6.45) is 0. The lowest BCUT2D eigenvalue weighted by molar-refractivity contribution is 0.251. The van der Waals surface area contributed by atoms with Crippen molar-refractivity contribution in [2.45, 2.75) is 6.54 Å². The van der Waals surface area contributed by atoms with Crippen LogP contribution in [0.15, 0.2) is 47.5 Å². The lowest BCUT2D eigenvalue weighted by Crippen LogP contribution is -2.28. The van der Waals surface area contributed by atoms with E-state index in [0.29, 0.717) is 17.1 Å². The Labute approximate surface area is 127 Å². The Morgan fingerprint density at radius 1 is 1.32 bits per heavy atom. The summed E-state index contributed by atoms with van der Waals surface area (Å²) < 4.78 is 18.3. The monoisotopic (exact) mass is 301 g/mol. The summed E-state index contributed by atoms with van der Waals surface area (Å²) in [7, 11) is 1.55. The first-order valence-electron chi connectivity index (χ1n) is 6.56. The molecular formula is C16H16FN3O2. The second-order valence-corrected chi connectivity index (χ2v) is 4.47. The molecule has 6 heteroatoms. The number of urea groups is 1. The molecule has 0 aromatic heterocycles. The van der Waals surface area contributed by atoms with Gasteiger partial charge in [0, 0.05) is 17.8 Å². The Morgan fingerprint density at radius 2 is 2.14 bits per heavy atom. The van der Waals surface area contributed by atoms with Crippen molar-refractivity contribution in [2.75, 3.05) is 12.4 Å². The van der Waals surface area contributed by atoms with Crippen LogP contribution in [0.3, 0.4) is 0 Å². The van der Waals surface area contributed by atoms with Gasteiger partial charge in [0.2, 0.25) is 0 Å². The number of nitrogens with one attached hydrogen (secondary N) is 2. The van der Waals surface area contributed by atoms with Crippen molar-refractivity contribution in [3.8, 4) is 5.75 Å². The van der Waals surface area contributed by atoms with Gasteiger partial charge in [0.05, 0.1) is 12.8 Å². The Balaban J connectivity index is 2.00. The molecule has 0 spiro atoms. The van der Waals surface area contributed by atoms with E-state index in [1.165, 1.54) is 18.2 Å². The molecule has 0 saturated carbocycles. The standard InChI is InChI=1S/C16H16FN3O2/c1-18-13-6-7-15(22-2)11(8-13)10-19-16(21)20-14-5-3-4-12(17)9-14/h3-9H,1,10H2,2H3,(H2,19,20,21). The minimum atomic E-state index is -0.440. The Kier molecular flexibility index (Phi) is 5.08. The van der Waals surface area contributed by atoms with Crippen LogP contribution in [0.1, 0.15) is 5.56 Å². The van der Waals surface area contributed by atoms with Crippen molar-refractivity contribution < 1.29 is 13.9 Å². The van der Waals surface area contributed by atoms with Crippen LogP contribution in [0.25, 0.3) is 0 Å². The second-order valence-electron chi connectivity index (χ2n) is 4.47. The zero-order valence-electron chi connectivity index (χ0n) is 12.1. The van der Waals surface area contributed by atoms with Crippen LogP contribution < -0.4 is 15.4 Å². The summed E-state index contributed by atoms with van der Waals surface area (Å²) in [5.74, 6) is 0.225. The molecule has 0 saturated heterocycles. The fourth-order valence-electron chi connectivity index (χ4n) is 1.92. The number of carbonyl (C=O) groups is 1. The third-order valence-corrected chi connectivity index (χ3v) is 2.97. The van der Waals surface area contributed by atoms with Gasteiger partial charge in [-0.25, -0.2) is 9.18 Å². The summed E-state index contributed by atoms with van der Waals surface area (Å²) in [6.45, 7) is 3.70. The largest absolute Gasteiger partial charge is 0.496 e. The highest BCUT2D eigenvalue weighted by atomic mass is 19.1. The van der Waals surface area contributed by atoms with Gasteiger partial charge in [-0.05, 0) is 43.1 Å². The molecule has 0 heterocycles. The fraction of sp³-hybridized carbons (Fsp3) is 0.125. The summed E-state index contributed by atoms with van der Waals surface area (Å²) in [4.78, 5) is 15.7. The Hall–Kier alpha value is -2.89. The average Bonchev–Trinajstić information content (AvgIpc) is 2.52. The molecule has 2 aromatic rings. The molecule has 22 heavy (non-hydrogen) atoms. The lowest BCUT2D eigenvalue weighted by atomic mass is 10.1. The number of halogens is 1. The molecule has 0 radical (unpaired) electrons. The number of amides is 2. The number of nitrogens with zero attached hydrogens (tertiary/aromatic N) is 1. The number of carbonyl (C=O) groups excluding carboxylic acids is 1. The van der Waals surface area contributed by atoms with Crippen LogP contribution in [0, 0.1) is 5.82 Å². The van der Waals surface area contributed by atoms with Gasteiger partial charge in [0.15, 0.2) is 0 Å². The summed E-state index contributed by atoms with van der Waals surface area (Å²) >= 11 is 0. The predicted molar refractivity (Wildman–Crippen MR) is 84.5 cm³/mol. The van der Waals surface area contributed by atoms with Crippen molar-refractivity contribution in [1.29, 1.82) is 0 Å². The molecule has 2 rings (SSSR count). The van der Waals surface area contributed by atoms with Gasteiger partial charge in [-0.3, -0.25) is 4.99 Å². The van der Waals surface area contributed by atoms with Gasteiger partial charge >= 0.3 is 6.03 Å². The zero-order chi connectivity index (χ0) is 15.9. The molecule has 0 bridgehead atoms. The maximum atomic E-state index is 13.0. The van der Waals surface area contributed by atoms with Crippen molar-refractivity contribution in [3.63, 3.8) is 0 Å². The van der Waals surface area contributed by atoms with E-state index in [1.807, 2.05) is 0 Å². The molecule has 0 fully saturated rings. The highest BCUT2D eigenvalue weighted by Crippen LogP contribution is 2.23. The minimum Gasteiger partial charge on any atom is -0.496 e. The van der Waals surface area contributed by atoms with Crippen molar-refractivity contribution >= 4 is 24.1 Å². The van der Waals surface area contributed by atoms with Crippen LogP contribution in [0.2, 0.25) is 0 Å². The van der Waals surface area contributed by atoms with Gasteiger partial charge in [0.1, 0.15) is 11.6 Å². The van der Waals surface area contributed by atoms with Crippen LogP contribution >= 0.6 is 0 Å². The van der Waals surface area contributed by atoms with E-state index >= 15 is 0 Å². The molecule has 114 valence electrons. The topological polar surface area (TPSA) is 62.7 Å². The number of hydrogen-bond acceptors (Lipinski definition) is 3. The number of rotatable bonds is 5. The molecule has 0 aliphatic carbocycles. The van der Waals surface area contributed by atoms with Crippen LogP contribution in [-0.4, -0.2) is 19.9 Å². The first-order valence-corrected chi connectivity index (χ1v) is 6.56. The van der Waals surface area contributed by atoms with Gasteiger partial charge in [-0.2, -0.15) is 0 Å². The van der Waals surface area contributed by atoms with E-state index in [-0.39, 0.29) is 6.54 Å². The number of benzene rings is 2. The molecule has 2 N–H and O–H groups in total. The molecule has 2 amide bonds. The first kappa shape index (κ1) is 15.5. The van der Waals surface area contributed by atoms with Crippen LogP contribution in [0.5, 0.6) is 5.75 Å². The van der Waals surface area contributed by atoms with Crippen molar-refractivity contribution in [1.82, 2.24) is 5.32 Å². The Morgan fingerprint density at radius 3 is 2.82 bits per heavy atom. The van der Waals surface area contributed by atoms with Gasteiger partial charge in [-0.1, -0.05) is 6.07 Å². The quantitative estimate of drug-likeness (QED) is 0.830. The molecular weight excluding hydrogens is 285 g/mol. The molecule has 2 aromatic carbocycles. The number of hydrogen-bond donors (Lipinski definition) is 2. The third-order valence-electron chi connectivity index (χ3n) is 2.97.